The molecule has 1 aliphatic rings. The molecule has 4 rings (SSSR count). The molecule has 0 saturated carbocycles. The smallest absolute Gasteiger partial charge is 0.257 e. The molecule has 34 heavy (non-hydrogen) atoms. The standard InChI is InChI=1S/C26H24ClN3O4/c1-2-34-19-13-11-18(12-14-19)30-16-17(15-24(30)31)25(32)28-22-9-5-3-7-20(22)26(33)29-23-10-6-4-8-21(23)27/h3-14,17H,2,15-16H2,1H3,(H,28,32)(H,29,33)/t17-/m0/s1. The second-order valence-electron chi connectivity index (χ2n) is 7.80. The van der Waals surface area contributed by atoms with E-state index in [1.54, 1.807) is 77.7 Å². The largest absolute Gasteiger partial charge is 0.494 e. The molecule has 3 amide bonds. The highest BCUT2D eigenvalue weighted by atomic mass is 35.5. The molecule has 1 aliphatic heterocycles. The highest BCUT2D eigenvalue weighted by molar-refractivity contribution is 6.34. The van der Waals surface area contributed by atoms with Crippen LogP contribution in [0.25, 0.3) is 0 Å². The summed E-state index contributed by atoms with van der Waals surface area (Å²) in [6.45, 7) is 2.72. The Morgan fingerprint density at radius 3 is 2.35 bits per heavy atom. The van der Waals surface area contributed by atoms with Crippen LogP contribution in [0.3, 0.4) is 0 Å². The van der Waals surface area contributed by atoms with Gasteiger partial charge in [0.2, 0.25) is 11.8 Å². The number of nitrogens with one attached hydrogen (secondary N) is 2. The minimum atomic E-state index is -0.543. The van der Waals surface area contributed by atoms with Gasteiger partial charge in [-0.2, -0.15) is 0 Å². The number of hydrogen-bond donors (Lipinski definition) is 2. The monoisotopic (exact) mass is 477 g/mol. The number of amides is 3. The van der Waals surface area contributed by atoms with Gasteiger partial charge in [-0.25, -0.2) is 0 Å². The van der Waals surface area contributed by atoms with Gasteiger partial charge in [0.15, 0.2) is 0 Å². The highest BCUT2D eigenvalue weighted by Crippen LogP contribution is 2.28. The zero-order valence-electron chi connectivity index (χ0n) is 18.6. The van der Waals surface area contributed by atoms with Crippen molar-refractivity contribution >= 4 is 46.4 Å². The summed E-state index contributed by atoms with van der Waals surface area (Å²) in [5, 5.41) is 6.00. The van der Waals surface area contributed by atoms with E-state index in [9.17, 15) is 14.4 Å². The Bertz CT molecular complexity index is 1210. The number of rotatable bonds is 7. The number of carbonyl (C=O) groups excluding carboxylic acids is 3. The molecule has 3 aromatic rings. The van der Waals surface area contributed by atoms with Crippen LogP contribution in [0.4, 0.5) is 17.1 Å². The molecule has 3 aromatic carbocycles. The summed E-state index contributed by atoms with van der Waals surface area (Å²) in [4.78, 5) is 40.1. The lowest BCUT2D eigenvalue weighted by atomic mass is 10.1. The number of hydrogen-bond acceptors (Lipinski definition) is 4. The summed E-state index contributed by atoms with van der Waals surface area (Å²) in [6, 6.07) is 20.8. The van der Waals surface area contributed by atoms with E-state index in [0.29, 0.717) is 34.3 Å². The Labute approximate surface area is 202 Å². The third kappa shape index (κ3) is 5.21. The Morgan fingerprint density at radius 2 is 1.65 bits per heavy atom. The first-order chi connectivity index (χ1) is 16.5. The molecule has 0 aromatic heterocycles. The van der Waals surface area contributed by atoms with E-state index in [-0.39, 0.29) is 24.8 Å². The van der Waals surface area contributed by atoms with Crippen molar-refractivity contribution in [3.63, 3.8) is 0 Å². The van der Waals surface area contributed by atoms with Gasteiger partial charge in [0.1, 0.15) is 5.75 Å². The quantitative estimate of drug-likeness (QED) is 0.502. The molecule has 1 heterocycles. The number of benzene rings is 3. The SMILES string of the molecule is CCOc1ccc(N2C[C@@H](C(=O)Nc3ccccc3C(=O)Nc3ccccc3Cl)CC2=O)cc1. The number of ether oxygens (including phenoxy) is 1. The van der Waals surface area contributed by atoms with Crippen LogP contribution in [-0.2, 0) is 9.59 Å². The lowest BCUT2D eigenvalue weighted by molar-refractivity contribution is -0.122. The maximum atomic E-state index is 13.0. The molecule has 0 unspecified atom stereocenters. The van der Waals surface area contributed by atoms with Crippen LogP contribution in [0.5, 0.6) is 5.75 Å². The van der Waals surface area contributed by atoms with E-state index < -0.39 is 11.8 Å². The van der Waals surface area contributed by atoms with E-state index in [0.717, 1.165) is 5.75 Å². The van der Waals surface area contributed by atoms with Crippen LogP contribution in [0.2, 0.25) is 5.02 Å². The molecule has 1 fully saturated rings. The van der Waals surface area contributed by atoms with Gasteiger partial charge in [0, 0.05) is 18.7 Å². The second-order valence-corrected chi connectivity index (χ2v) is 8.21. The number of para-hydroxylation sites is 2. The molecular weight excluding hydrogens is 454 g/mol. The van der Waals surface area contributed by atoms with Crippen LogP contribution in [0, 0.1) is 5.92 Å². The molecule has 8 heteroatoms. The van der Waals surface area contributed by atoms with Gasteiger partial charge in [-0.05, 0) is 55.5 Å². The topological polar surface area (TPSA) is 87.7 Å². The average molecular weight is 478 g/mol. The van der Waals surface area contributed by atoms with Crippen molar-refractivity contribution in [2.75, 3.05) is 28.7 Å². The lowest BCUT2D eigenvalue weighted by Gasteiger charge is -2.18. The van der Waals surface area contributed by atoms with E-state index in [1.807, 2.05) is 6.92 Å². The summed E-state index contributed by atoms with van der Waals surface area (Å²) in [7, 11) is 0. The first-order valence-corrected chi connectivity index (χ1v) is 11.3. The average Bonchev–Trinajstić information content (AvgIpc) is 3.23. The van der Waals surface area contributed by atoms with Crippen molar-refractivity contribution in [2.24, 2.45) is 5.92 Å². The van der Waals surface area contributed by atoms with Crippen molar-refractivity contribution in [1.29, 1.82) is 0 Å². The first-order valence-electron chi connectivity index (χ1n) is 10.9. The Hall–Kier alpha value is -3.84. The molecule has 2 N–H and O–H groups in total. The normalized spacial score (nSPS) is 15.2. The fourth-order valence-corrected chi connectivity index (χ4v) is 3.98. The Balaban J connectivity index is 1.44. The minimum absolute atomic E-state index is 0.0903. The number of halogens is 1. The van der Waals surface area contributed by atoms with Gasteiger partial charge < -0.3 is 20.3 Å². The van der Waals surface area contributed by atoms with E-state index >= 15 is 0 Å². The van der Waals surface area contributed by atoms with Crippen molar-refractivity contribution in [3.05, 3.63) is 83.4 Å². The lowest BCUT2D eigenvalue weighted by Crippen LogP contribution is -2.28. The van der Waals surface area contributed by atoms with Gasteiger partial charge in [-0.15, -0.1) is 0 Å². The Morgan fingerprint density at radius 1 is 0.971 bits per heavy atom. The molecular formula is C26H24ClN3O4. The van der Waals surface area contributed by atoms with Crippen LogP contribution in [0.15, 0.2) is 72.8 Å². The van der Waals surface area contributed by atoms with Gasteiger partial charge in [0.05, 0.1) is 34.5 Å². The van der Waals surface area contributed by atoms with Crippen LogP contribution in [0.1, 0.15) is 23.7 Å². The fraction of sp³-hybridized carbons (Fsp3) is 0.192. The molecule has 0 bridgehead atoms. The predicted molar refractivity (Wildman–Crippen MR) is 133 cm³/mol. The van der Waals surface area contributed by atoms with Crippen LogP contribution < -0.4 is 20.3 Å². The summed E-state index contributed by atoms with van der Waals surface area (Å²) in [6.07, 6.45) is 0.0903. The third-order valence-electron chi connectivity index (χ3n) is 5.51. The third-order valence-corrected chi connectivity index (χ3v) is 5.84. The fourth-order valence-electron chi connectivity index (χ4n) is 3.80. The molecule has 1 atom stereocenters. The van der Waals surface area contributed by atoms with E-state index in [1.165, 1.54) is 0 Å². The summed E-state index contributed by atoms with van der Waals surface area (Å²) < 4.78 is 5.44. The molecule has 1 saturated heterocycles. The summed E-state index contributed by atoms with van der Waals surface area (Å²) in [5.74, 6) is -0.672. The van der Waals surface area contributed by atoms with E-state index in [4.69, 9.17) is 16.3 Å². The summed E-state index contributed by atoms with van der Waals surface area (Å²) >= 11 is 6.14. The summed E-state index contributed by atoms with van der Waals surface area (Å²) in [5.41, 5.74) is 1.85. The van der Waals surface area contributed by atoms with Gasteiger partial charge in [0.25, 0.3) is 5.91 Å². The molecule has 0 radical (unpaired) electrons. The molecule has 0 spiro atoms. The molecule has 174 valence electrons. The van der Waals surface area contributed by atoms with Crippen molar-refractivity contribution in [3.8, 4) is 5.75 Å². The number of nitrogens with zero attached hydrogens (tertiary/aromatic N) is 1. The maximum absolute atomic E-state index is 13.0. The van der Waals surface area contributed by atoms with Crippen LogP contribution in [-0.4, -0.2) is 30.9 Å². The van der Waals surface area contributed by atoms with Crippen molar-refractivity contribution < 1.29 is 19.1 Å². The predicted octanol–water partition coefficient (Wildman–Crippen LogP) is 4.98. The Kier molecular flexibility index (Phi) is 7.13. The minimum Gasteiger partial charge on any atom is -0.494 e. The van der Waals surface area contributed by atoms with Crippen molar-refractivity contribution in [1.82, 2.24) is 0 Å². The van der Waals surface area contributed by atoms with Crippen molar-refractivity contribution in [2.45, 2.75) is 13.3 Å². The van der Waals surface area contributed by atoms with Gasteiger partial charge in [-0.1, -0.05) is 35.9 Å². The zero-order chi connectivity index (χ0) is 24.1. The zero-order valence-corrected chi connectivity index (χ0v) is 19.3. The van der Waals surface area contributed by atoms with Gasteiger partial charge >= 0.3 is 0 Å². The van der Waals surface area contributed by atoms with E-state index in [2.05, 4.69) is 10.6 Å². The molecule has 0 aliphatic carbocycles. The van der Waals surface area contributed by atoms with Crippen LogP contribution >= 0.6 is 11.6 Å². The first kappa shape index (κ1) is 23.3. The number of anilines is 3. The number of carbonyl (C=O) groups is 3. The maximum Gasteiger partial charge on any atom is 0.257 e. The van der Waals surface area contributed by atoms with Gasteiger partial charge in [-0.3, -0.25) is 14.4 Å². The molecule has 7 nitrogen and oxygen atoms in total. The highest BCUT2D eigenvalue weighted by Gasteiger charge is 2.35. The second kappa shape index (κ2) is 10.4.